The number of aliphatic hydroxyl groups is 1. The van der Waals surface area contributed by atoms with Gasteiger partial charge in [-0.3, -0.25) is 0 Å². The first kappa shape index (κ1) is 16.6. The molecule has 3 atom stereocenters. The zero-order valence-corrected chi connectivity index (χ0v) is 14.7. The molecule has 4 nitrogen and oxygen atoms in total. The van der Waals surface area contributed by atoms with Gasteiger partial charge in [-0.1, -0.05) is 6.07 Å². The molecular weight excluding hydrogens is 290 g/mol. The molecule has 0 aromatic heterocycles. The second-order valence-corrected chi connectivity index (χ2v) is 7.36. The van der Waals surface area contributed by atoms with Gasteiger partial charge in [0, 0.05) is 11.5 Å². The highest BCUT2D eigenvalue weighted by Gasteiger charge is 2.50. The second-order valence-electron chi connectivity index (χ2n) is 7.36. The van der Waals surface area contributed by atoms with Crippen molar-refractivity contribution < 1.29 is 14.6 Å². The van der Waals surface area contributed by atoms with Crippen molar-refractivity contribution in [1.29, 1.82) is 0 Å². The molecule has 1 aromatic rings. The van der Waals surface area contributed by atoms with E-state index in [1.807, 2.05) is 19.9 Å². The van der Waals surface area contributed by atoms with E-state index < -0.39 is 0 Å². The molecule has 3 rings (SSSR count). The average molecular weight is 319 g/mol. The van der Waals surface area contributed by atoms with E-state index in [4.69, 9.17) is 9.47 Å². The van der Waals surface area contributed by atoms with Crippen LogP contribution < -0.4 is 9.47 Å². The predicted molar refractivity (Wildman–Crippen MR) is 91.3 cm³/mol. The van der Waals surface area contributed by atoms with Crippen LogP contribution in [0.2, 0.25) is 0 Å². The topological polar surface area (TPSA) is 41.9 Å². The molecule has 1 aliphatic heterocycles. The fraction of sp³-hybridized carbons (Fsp3) is 0.684. The molecule has 23 heavy (non-hydrogen) atoms. The molecular formula is C19H29NO3. The molecule has 1 aromatic carbocycles. The first-order valence-corrected chi connectivity index (χ1v) is 8.70. The summed E-state index contributed by atoms with van der Waals surface area (Å²) in [5.74, 6) is 1.62. The summed E-state index contributed by atoms with van der Waals surface area (Å²) in [4.78, 5) is 2.41. The molecule has 0 spiro atoms. The van der Waals surface area contributed by atoms with Crippen LogP contribution >= 0.6 is 0 Å². The summed E-state index contributed by atoms with van der Waals surface area (Å²) >= 11 is 0. The van der Waals surface area contributed by atoms with Crippen molar-refractivity contribution in [3.05, 3.63) is 23.8 Å². The molecule has 1 saturated carbocycles. The first-order valence-electron chi connectivity index (χ1n) is 8.70. The summed E-state index contributed by atoms with van der Waals surface area (Å²) in [5.41, 5.74) is 1.46. The Morgan fingerprint density at radius 2 is 2.04 bits per heavy atom. The summed E-state index contributed by atoms with van der Waals surface area (Å²) in [6.07, 6.45) is 3.90. The van der Waals surface area contributed by atoms with Gasteiger partial charge in [0.15, 0.2) is 11.5 Å². The lowest BCUT2D eigenvalue weighted by Crippen LogP contribution is -2.47. The minimum absolute atomic E-state index is 0.128. The second kappa shape index (κ2) is 6.33. The number of fused-ring (bicyclic) bond motifs is 1. The van der Waals surface area contributed by atoms with Gasteiger partial charge in [-0.05, 0) is 70.8 Å². The highest BCUT2D eigenvalue weighted by atomic mass is 16.5. The minimum atomic E-state index is -0.167. The van der Waals surface area contributed by atoms with E-state index in [1.165, 1.54) is 5.56 Å². The molecule has 0 unspecified atom stereocenters. The minimum Gasteiger partial charge on any atom is -0.493 e. The van der Waals surface area contributed by atoms with Gasteiger partial charge in [0.2, 0.25) is 0 Å². The van der Waals surface area contributed by atoms with Gasteiger partial charge in [0.05, 0.1) is 19.3 Å². The van der Waals surface area contributed by atoms with Gasteiger partial charge < -0.3 is 19.5 Å². The normalized spacial score (nSPS) is 31.2. The molecule has 0 amide bonds. The number of rotatable bonds is 4. The quantitative estimate of drug-likeness (QED) is 0.926. The van der Waals surface area contributed by atoms with E-state index in [2.05, 4.69) is 24.1 Å². The van der Waals surface area contributed by atoms with Crippen molar-refractivity contribution in [2.45, 2.75) is 63.2 Å². The Bertz CT molecular complexity index is 560. The van der Waals surface area contributed by atoms with Crippen LogP contribution in [0, 0.1) is 0 Å². The van der Waals surface area contributed by atoms with E-state index >= 15 is 0 Å². The molecule has 2 fully saturated rings. The van der Waals surface area contributed by atoms with Crippen LogP contribution in [-0.2, 0) is 5.41 Å². The fourth-order valence-electron chi connectivity index (χ4n) is 4.43. The van der Waals surface area contributed by atoms with Crippen molar-refractivity contribution in [3.8, 4) is 11.5 Å². The molecule has 1 N–H and O–H groups in total. The van der Waals surface area contributed by atoms with Gasteiger partial charge in [0.1, 0.15) is 0 Å². The Labute approximate surface area is 139 Å². The largest absolute Gasteiger partial charge is 0.493 e. The Kier molecular flexibility index (Phi) is 4.56. The maximum atomic E-state index is 10.1. The van der Waals surface area contributed by atoms with Crippen LogP contribution in [0.15, 0.2) is 18.2 Å². The van der Waals surface area contributed by atoms with E-state index in [9.17, 15) is 5.11 Å². The van der Waals surface area contributed by atoms with Gasteiger partial charge in [-0.2, -0.15) is 0 Å². The van der Waals surface area contributed by atoms with Gasteiger partial charge in [-0.25, -0.2) is 0 Å². The van der Waals surface area contributed by atoms with Crippen LogP contribution in [0.25, 0.3) is 0 Å². The number of benzene rings is 1. The first-order chi connectivity index (χ1) is 11.0. The third-order valence-corrected chi connectivity index (χ3v) is 5.60. The molecule has 1 aliphatic carbocycles. The Morgan fingerprint density at radius 1 is 1.26 bits per heavy atom. The number of ether oxygens (including phenoxy) is 2. The van der Waals surface area contributed by atoms with Gasteiger partial charge in [0.25, 0.3) is 0 Å². The van der Waals surface area contributed by atoms with E-state index in [-0.39, 0.29) is 17.6 Å². The van der Waals surface area contributed by atoms with Crippen molar-refractivity contribution in [1.82, 2.24) is 4.90 Å². The number of methoxy groups -OCH3 is 1. The zero-order chi connectivity index (χ0) is 16.6. The summed E-state index contributed by atoms with van der Waals surface area (Å²) in [6.45, 7) is 5.14. The molecule has 1 saturated heterocycles. The van der Waals surface area contributed by atoms with Crippen molar-refractivity contribution >= 4 is 0 Å². The maximum Gasteiger partial charge on any atom is 0.161 e. The lowest BCUT2D eigenvalue weighted by molar-refractivity contribution is 0.0566. The highest BCUT2D eigenvalue weighted by Crippen LogP contribution is 2.49. The van der Waals surface area contributed by atoms with Crippen molar-refractivity contribution in [2.24, 2.45) is 0 Å². The van der Waals surface area contributed by atoms with Gasteiger partial charge in [-0.15, -0.1) is 0 Å². The summed E-state index contributed by atoms with van der Waals surface area (Å²) in [5, 5.41) is 10.1. The third kappa shape index (κ3) is 2.94. The molecule has 0 radical (unpaired) electrons. The SMILES string of the molecule is COc1cc([C@@]23CC[C@@H](O)C[C@@H]2N(C)CC3)ccc1OC(C)C. The molecule has 128 valence electrons. The molecule has 0 bridgehead atoms. The van der Waals surface area contributed by atoms with E-state index in [0.717, 1.165) is 43.7 Å². The number of hydrogen-bond acceptors (Lipinski definition) is 4. The van der Waals surface area contributed by atoms with Gasteiger partial charge >= 0.3 is 0 Å². The Morgan fingerprint density at radius 3 is 2.74 bits per heavy atom. The Hall–Kier alpha value is -1.26. The fourth-order valence-corrected chi connectivity index (χ4v) is 4.43. The highest BCUT2D eigenvalue weighted by molar-refractivity contribution is 5.46. The van der Waals surface area contributed by atoms with Crippen molar-refractivity contribution in [2.75, 3.05) is 20.7 Å². The summed E-state index contributed by atoms with van der Waals surface area (Å²) < 4.78 is 11.4. The standard InChI is InChI=1S/C19H29NO3/c1-13(2)23-16-6-5-14(11-17(16)22-4)19-8-7-15(21)12-18(19)20(3)10-9-19/h5-6,11,13,15,18,21H,7-10,12H2,1-4H3/t15-,18+,19+/m1/s1. The van der Waals surface area contributed by atoms with E-state index in [0.29, 0.717) is 6.04 Å². The molecule has 2 aliphatic rings. The maximum absolute atomic E-state index is 10.1. The Balaban J connectivity index is 1.96. The van der Waals surface area contributed by atoms with Crippen LogP contribution in [0.1, 0.15) is 45.1 Å². The predicted octanol–water partition coefficient (Wildman–Crippen LogP) is 2.97. The zero-order valence-electron chi connectivity index (χ0n) is 14.7. The average Bonchev–Trinajstić information content (AvgIpc) is 2.85. The van der Waals surface area contributed by atoms with Crippen LogP contribution in [0.5, 0.6) is 11.5 Å². The van der Waals surface area contributed by atoms with Crippen LogP contribution in [0.4, 0.5) is 0 Å². The smallest absolute Gasteiger partial charge is 0.161 e. The molecule has 4 heteroatoms. The van der Waals surface area contributed by atoms with Crippen molar-refractivity contribution in [3.63, 3.8) is 0 Å². The van der Waals surface area contributed by atoms with E-state index in [1.54, 1.807) is 7.11 Å². The number of nitrogens with zero attached hydrogens (tertiary/aromatic N) is 1. The lowest BCUT2D eigenvalue weighted by atomic mass is 9.65. The molecule has 1 heterocycles. The number of likely N-dealkylation sites (tertiary alicyclic amines) is 1. The van der Waals surface area contributed by atoms with Crippen LogP contribution in [-0.4, -0.2) is 49.0 Å². The number of aliphatic hydroxyl groups excluding tert-OH is 1. The lowest BCUT2D eigenvalue weighted by Gasteiger charge is -2.43. The summed E-state index contributed by atoms with van der Waals surface area (Å²) in [6, 6.07) is 6.81. The monoisotopic (exact) mass is 319 g/mol. The third-order valence-electron chi connectivity index (χ3n) is 5.60. The van der Waals surface area contributed by atoms with Crippen LogP contribution in [0.3, 0.4) is 0 Å². The summed E-state index contributed by atoms with van der Waals surface area (Å²) in [7, 11) is 3.88. The number of likely N-dealkylation sites (N-methyl/N-ethyl adjacent to an activating group) is 1. The number of hydrogen-bond donors (Lipinski definition) is 1.